The Morgan fingerprint density at radius 1 is 1.42 bits per heavy atom. The predicted molar refractivity (Wildman–Crippen MR) is 70.5 cm³/mol. The highest BCUT2D eigenvalue weighted by Gasteiger charge is 2.17. The lowest BCUT2D eigenvalue weighted by atomic mass is 10.2. The van der Waals surface area contributed by atoms with E-state index in [0.717, 1.165) is 0 Å². The van der Waals surface area contributed by atoms with Crippen molar-refractivity contribution in [3.8, 4) is 0 Å². The molecule has 0 amide bonds. The normalized spacial score (nSPS) is 11.8. The van der Waals surface area contributed by atoms with Gasteiger partial charge in [-0.05, 0) is 19.1 Å². The summed E-state index contributed by atoms with van der Waals surface area (Å²) in [7, 11) is 1.30. The maximum absolute atomic E-state index is 13.6. The summed E-state index contributed by atoms with van der Waals surface area (Å²) in [5.41, 5.74) is 0.267. The van der Waals surface area contributed by atoms with Crippen molar-refractivity contribution in [1.82, 2.24) is 9.55 Å². The van der Waals surface area contributed by atoms with Crippen molar-refractivity contribution in [1.29, 1.82) is 0 Å². The minimum Gasteiger partial charge on any atom is -0.329 e. The highest BCUT2D eigenvalue weighted by Crippen LogP contribution is 2.22. The molecule has 1 aromatic heterocycles. The van der Waals surface area contributed by atoms with E-state index in [1.54, 1.807) is 13.0 Å². The quantitative estimate of drug-likeness (QED) is 0.816. The fraction of sp³-hybridized carbons (Fsp3) is 0.182. The molecule has 19 heavy (non-hydrogen) atoms. The first-order valence-corrected chi connectivity index (χ1v) is 7.89. The van der Waals surface area contributed by atoms with E-state index in [4.69, 9.17) is 22.3 Å². The van der Waals surface area contributed by atoms with Gasteiger partial charge in [0.1, 0.15) is 11.6 Å². The van der Waals surface area contributed by atoms with E-state index < -0.39 is 14.9 Å². The molecule has 0 N–H and O–H groups in total. The first-order chi connectivity index (χ1) is 8.79. The number of hydrogen-bond donors (Lipinski definition) is 0. The molecule has 102 valence electrons. The van der Waals surface area contributed by atoms with Crippen LogP contribution in [0.3, 0.4) is 0 Å². The molecule has 0 radical (unpaired) electrons. The van der Waals surface area contributed by atoms with E-state index in [-0.39, 0.29) is 22.2 Å². The molecule has 0 bridgehead atoms. The third-order valence-corrected chi connectivity index (χ3v) is 4.12. The Morgan fingerprint density at radius 3 is 2.63 bits per heavy atom. The molecular formula is C11H9Cl2FN2O2S. The number of halogens is 3. The van der Waals surface area contributed by atoms with E-state index in [0.29, 0.717) is 5.82 Å². The van der Waals surface area contributed by atoms with E-state index >= 15 is 0 Å². The van der Waals surface area contributed by atoms with Crippen LogP contribution in [0.15, 0.2) is 29.4 Å². The van der Waals surface area contributed by atoms with Crippen LogP contribution in [0, 0.1) is 12.7 Å². The number of aryl methyl sites for hydroxylation is 1. The lowest BCUT2D eigenvalue weighted by Gasteiger charge is -2.07. The number of aromatic nitrogens is 2. The van der Waals surface area contributed by atoms with Crippen LogP contribution in [0.1, 0.15) is 11.4 Å². The Kier molecular flexibility index (Phi) is 3.85. The van der Waals surface area contributed by atoms with Crippen molar-refractivity contribution in [3.05, 3.63) is 46.6 Å². The molecule has 4 nitrogen and oxygen atoms in total. The fourth-order valence-electron chi connectivity index (χ4n) is 1.61. The summed E-state index contributed by atoms with van der Waals surface area (Å²) in [5.74, 6) is -0.0607. The number of rotatable bonds is 3. The van der Waals surface area contributed by atoms with Gasteiger partial charge in [-0.15, -0.1) is 0 Å². The minimum atomic E-state index is -3.90. The first-order valence-electron chi connectivity index (χ1n) is 5.20. The van der Waals surface area contributed by atoms with Gasteiger partial charge in [0.05, 0.1) is 6.54 Å². The Bertz CT molecular complexity index is 708. The molecule has 0 saturated carbocycles. The van der Waals surface area contributed by atoms with Gasteiger partial charge in [0.15, 0.2) is 5.03 Å². The second kappa shape index (κ2) is 5.11. The Morgan fingerprint density at radius 2 is 2.11 bits per heavy atom. The average molecular weight is 323 g/mol. The van der Waals surface area contributed by atoms with Gasteiger partial charge < -0.3 is 4.57 Å². The summed E-state index contributed by atoms with van der Waals surface area (Å²) >= 11 is 5.91. The van der Waals surface area contributed by atoms with Gasteiger partial charge >= 0.3 is 0 Å². The average Bonchev–Trinajstić information content (AvgIpc) is 2.65. The largest absolute Gasteiger partial charge is 0.329 e. The number of benzene rings is 1. The zero-order chi connectivity index (χ0) is 14.2. The molecule has 0 saturated heterocycles. The van der Waals surface area contributed by atoms with Crippen LogP contribution >= 0.6 is 22.3 Å². The van der Waals surface area contributed by atoms with Crippen molar-refractivity contribution in [2.45, 2.75) is 18.5 Å². The van der Waals surface area contributed by atoms with Gasteiger partial charge in [-0.1, -0.05) is 17.7 Å². The van der Waals surface area contributed by atoms with Gasteiger partial charge in [-0.25, -0.2) is 17.8 Å². The third-order valence-electron chi connectivity index (χ3n) is 2.59. The highest BCUT2D eigenvalue weighted by atomic mass is 35.7. The summed E-state index contributed by atoms with van der Waals surface area (Å²) in [5, 5.41) is 0.00232. The lowest BCUT2D eigenvalue weighted by molar-refractivity contribution is 0.597. The summed E-state index contributed by atoms with van der Waals surface area (Å²) in [4.78, 5) is 3.81. The molecule has 0 spiro atoms. The van der Waals surface area contributed by atoms with Crippen LogP contribution in [0.4, 0.5) is 4.39 Å². The standard InChI is InChI=1S/C11H9Cl2FN2O2S/c1-7-15-11(19(13,17)18)6-16(7)5-8-9(12)3-2-4-10(8)14/h2-4,6H,5H2,1H3. The topological polar surface area (TPSA) is 52.0 Å². The smallest absolute Gasteiger partial charge is 0.280 e. The Labute approximate surface area is 119 Å². The van der Waals surface area contributed by atoms with Crippen LogP contribution in [-0.2, 0) is 15.6 Å². The van der Waals surface area contributed by atoms with Crippen molar-refractivity contribution in [3.63, 3.8) is 0 Å². The molecule has 2 rings (SSSR count). The molecule has 2 aromatic rings. The van der Waals surface area contributed by atoms with Gasteiger partial charge in [-0.3, -0.25) is 0 Å². The fourth-order valence-corrected chi connectivity index (χ4v) is 2.55. The summed E-state index contributed by atoms with van der Waals surface area (Å²) in [6, 6.07) is 4.34. The zero-order valence-electron chi connectivity index (χ0n) is 9.77. The van der Waals surface area contributed by atoms with Gasteiger partial charge in [0, 0.05) is 27.5 Å². The Hall–Kier alpha value is -1.11. The van der Waals surface area contributed by atoms with Crippen molar-refractivity contribution in [2.75, 3.05) is 0 Å². The van der Waals surface area contributed by atoms with Crippen molar-refractivity contribution >= 4 is 31.3 Å². The molecular weight excluding hydrogens is 314 g/mol. The summed E-state index contributed by atoms with van der Waals surface area (Å²) in [6.45, 7) is 1.68. The maximum atomic E-state index is 13.6. The molecule has 0 aliphatic rings. The van der Waals surface area contributed by atoms with Crippen LogP contribution in [0.5, 0.6) is 0 Å². The number of nitrogens with zero attached hydrogens (tertiary/aromatic N) is 2. The maximum Gasteiger partial charge on any atom is 0.280 e. The molecule has 0 atom stereocenters. The predicted octanol–water partition coefficient (Wildman–Crippen LogP) is 2.96. The van der Waals surface area contributed by atoms with Gasteiger partial charge in [0.25, 0.3) is 9.05 Å². The van der Waals surface area contributed by atoms with Gasteiger partial charge in [-0.2, -0.15) is 0 Å². The molecule has 0 unspecified atom stereocenters. The Balaban J connectivity index is 2.42. The molecule has 0 aliphatic heterocycles. The zero-order valence-corrected chi connectivity index (χ0v) is 12.1. The molecule has 8 heteroatoms. The number of hydrogen-bond acceptors (Lipinski definition) is 3. The molecule has 0 aliphatic carbocycles. The second-order valence-corrected chi connectivity index (χ2v) is 6.81. The van der Waals surface area contributed by atoms with E-state index in [2.05, 4.69) is 4.98 Å². The minimum absolute atomic E-state index is 0.0801. The van der Waals surface area contributed by atoms with Crippen LogP contribution in [-0.4, -0.2) is 18.0 Å². The summed E-state index contributed by atoms with van der Waals surface area (Å²) < 4.78 is 37.5. The first kappa shape index (κ1) is 14.3. The molecule has 0 fully saturated rings. The SMILES string of the molecule is Cc1nc(S(=O)(=O)Cl)cn1Cc1c(F)cccc1Cl. The van der Waals surface area contributed by atoms with Crippen molar-refractivity contribution < 1.29 is 12.8 Å². The van der Waals surface area contributed by atoms with E-state index in [9.17, 15) is 12.8 Å². The highest BCUT2D eigenvalue weighted by molar-refractivity contribution is 8.13. The van der Waals surface area contributed by atoms with Crippen LogP contribution in [0.25, 0.3) is 0 Å². The van der Waals surface area contributed by atoms with E-state index in [1.807, 2.05) is 0 Å². The molecule has 1 aromatic carbocycles. The van der Waals surface area contributed by atoms with Gasteiger partial charge in [0.2, 0.25) is 0 Å². The number of imidazole rings is 1. The summed E-state index contributed by atoms with van der Waals surface area (Å²) in [6.07, 6.45) is 1.25. The monoisotopic (exact) mass is 322 g/mol. The lowest BCUT2D eigenvalue weighted by Crippen LogP contribution is -2.03. The second-order valence-electron chi connectivity index (χ2n) is 3.89. The van der Waals surface area contributed by atoms with Crippen molar-refractivity contribution in [2.24, 2.45) is 0 Å². The van der Waals surface area contributed by atoms with Crippen LogP contribution in [0.2, 0.25) is 5.02 Å². The third kappa shape index (κ3) is 3.08. The van der Waals surface area contributed by atoms with Crippen LogP contribution < -0.4 is 0 Å². The van der Waals surface area contributed by atoms with E-state index in [1.165, 1.54) is 22.9 Å². The molecule has 1 heterocycles.